The maximum Gasteiger partial charge on any atom is 0.411 e. The van der Waals surface area contributed by atoms with Gasteiger partial charge >= 0.3 is 6.09 Å². The maximum absolute atomic E-state index is 14.9. The lowest BCUT2D eigenvalue weighted by Crippen LogP contribution is -2.66. The Labute approximate surface area is 204 Å². The first kappa shape index (κ1) is 23.7. The fourth-order valence-corrected chi connectivity index (χ4v) is 5.38. The number of anilines is 1. The van der Waals surface area contributed by atoms with Crippen LogP contribution in [0.15, 0.2) is 10.5 Å². The number of aromatic nitrogens is 2. The van der Waals surface area contributed by atoms with Gasteiger partial charge in [0.05, 0.1) is 27.7 Å². The number of ether oxygens (including phenoxy) is 2. The first-order valence-electron chi connectivity index (χ1n) is 10.2. The summed E-state index contributed by atoms with van der Waals surface area (Å²) in [6.07, 6.45) is 1.18. The molecule has 2 unspecified atom stereocenters. The molecule has 2 fully saturated rings. The average Bonchev–Trinajstić information content (AvgIpc) is 2.92. The number of hydrogen-bond acceptors (Lipinski definition) is 6. The molecule has 4 rings (SSSR count). The molecule has 32 heavy (non-hydrogen) atoms. The van der Waals surface area contributed by atoms with Gasteiger partial charge in [-0.2, -0.15) is 4.98 Å². The van der Waals surface area contributed by atoms with Crippen LogP contribution in [0.4, 0.5) is 15.0 Å². The van der Waals surface area contributed by atoms with E-state index in [1.165, 1.54) is 0 Å². The highest BCUT2D eigenvalue weighted by molar-refractivity contribution is 9.10. The van der Waals surface area contributed by atoms with Crippen LogP contribution in [0.25, 0.3) is 10.9 Å². The number of fused-ring (bicyclic) bond motifs is 3. The van der Waals surface area contributed by atoms with Crippen molar-refractivity contribution in [3.63, 3.8) is 0 Å². The second-order valence-electron chi connectivity index (χ2n) is 9.28. The molecule has 7 nitrogen and oxygen atoms in total. The zero-order valence-electron chi connectivity index (χ0n) is 18.2. The van der Waals surface area contributed by atoms with Gasteiger partial charge in [-0.1, -0.05) is 11.6 Å². The predicted octanol–water partition coefficient (Wildman–Crippen LogP) is 5.44. The lowest BCUT2D eigenvalue weighted by Gasteiger charge is -2.49. The molecule has 11 heteroatoms. The number of methoxy groups -OCH3 is 1. The van der Waals surface area contributed by atoms with E-state index in [1.807, 2.05) is 30.6 Å². The van der Waals surface area contributed by atoms with Crippen LogP contribution in [0.1, 0.15) is 33.6 Å². The number of rotatable bonds is 3. The van der Waals surface area contributed by atoms with Crippen molar-refractivity contribution in [2.45, 2.75) is 50.8 Å². The lowest BCUT2D eigenvalue weighted by atomic mass is 9.96. The molecule has 1 amide bonds. The molecule has 2 bridgehead atoms. The summed E-state index contributed by atoms with van der Waals surface area (Å²) in [5.41, 5.74) is -1.14. The van der Waals surface area contributed by atoms with Crippen molar-refractivity contribution >= 4 is 61.9 Å². The van der Waals surface area contributed by atoms with E-state index in [0.29, 0.717) is 30.9 Å². The lowest BCUT2D eigenvalue weighted by molar-refractivity contribution is -0.0261. The number of halogens is 4. The van der Waals surface area contributed by atoms with Gasteiger partial charge in [0.1, 0.15) is 16.9 Å². The topological polar surface area (TPSA) is 67.8 Å². The third-order valence-corrected chi connectivity index (χ3v) is 7.29. The van der Waals surface area contributed by atoms with E-state index in [4.69, 9.17) is 32.7 Å². The van der Waals surface area contributed by atoms with Gasteiger partial charge < -0.3 is 14.4 Å². The minimum Gasteiger partial charge on any atom is -0.444 e. The summed E-state index contributed by atoms with van der Waals surface area (Å²) in [5, 5.41) is 0.602. The third-order valence-electron chi connectivity index (χ3n) is 5.82. The minimum absolute atomic E-state index is 0.0664. The molecule has 3 heterocycles. The molecule has 0 radical (unpaired) electrons. The summed E-state index contributed by atoms with van der Waals surface area (Å²) in [5.74, 6) is -0.121. The molecular weight excluding hydrogens is 526 g/mol. The summed E-state index contributed by atoms with van der Waals surface area (Å²) in [6.45, 7) is 6.78. The molecule has 2 atom stereocenters. The molecule has 0 spiro atoms. The third kappa shape index (κ3) is 4.13. The Kier molecular flexibility index (Phi) is 6.24. The summed E-state index contributed by atoms with van der Waals surface area (Å²) >= 11 is 15.6. The first-order valence-corrected chi connectivity index (χ1v) is 11.8. The molecule has 0 saturated carbocycles. The van der Waals surface area contributed by atoms with Crippen LogP contribution in [0.5, 0.6) is 0 Å². The normalized spacial score (nSPS) is 23.2. The van der Waals surface area contributed by atoms with Crippen LogP contribution in [-0.2, 0) is 9.47 Å². The average molecular weight is 550 g/mol. The summed E-state index contributed by atoms with van der Waals surface area (Å²) < 4.78 is 26.2. The zero-order valence-corrected chi connectivity index (χ0v) is 21.3. The SMILES string of the molecule is COCC12CCC(CN(c3nc(Cl)nc4c(F)c(Br)c(Cl)cc34)C1)N2C(=O)OC(C)(C)C. The van der Waals surface area contributed by atoms with E-state index in [1.54, 1.807) is 13.2 Å². The zero-order chi connectivity index (χ0) is 23.4. The fraction of sp³-hybridized carbons (Fsp3) is 0.571. The highest BCUT2D eigenvalue weighted by Gasteiger charge is 2.55. The summed E-state index contributed by atoms with van der Waals surface area (Å²) in [7, 11) is 1.61. The van der Waals surface area contributed by atoms with Gasteiger partial charge in [-0.25, -0.2) is 14.2 Å². The second kappa shape index (κ2) is 8.42. The number of carbonyl (C=O) groups is 1. The van der Waals surface area contributed by atoms with Gasteiger partial charge in [-0.15, -0.1) is 0 Å². The van der Waals surface area contributed by atoms with Gasteiger partial charge in [-0.3, -0.25) is 4.90 Å². The highest BCUT2D eigenvalue weighted by atomic mass is 79.9. The van der Waals surface area contributed by atoms with Crippen molar-refractivity contribution in [3.05, 3.63) is 26.7 Å². The summed E-state index contributed by atoms with van der Waals surface area (Å²) in [6, 6.07) is 1.51. The van der Waals surface area contributed by atoms with Gasteiger partial charge in [-0.05, 0) is 67.2 Å². The second-order valence-corrected chi connectivity index (χ2v) is 10.8. The van der Waals surface area contributed by atoms with E-state index in [0.717, 1.165) is 12.8 Å². The molecule has 174 valence electrons. The van der Waals surface area contributed by atoms with Crippen molar-refractivity contribution in [3.8, 4) is 0 Å². The number of carbonyl (C=O) groups excluding carboxylic acids is 1. The molecule has 1 aromatic heterocycles. The monoisotopic (exact) mass is 548 g/mol. The van der Waals surface area contributed by atoms with Crippen LogP contribution in [-0.4, -0.2) is 64.9 Å². The minimum atomic E-state index is -0.611. The quantitative estimate of drug-likeness (QED) is 0.375. The van der Waals surface area contributed by atoms with Gasteiger partial charge in [0, 0.05) is 25.6 Å². The number of benzene rings is 1. The fourth-order valence-electron chi connectivity index (χ4n) is 4.72. The Morgan fingerprint density at radius 2 is 2.09 bits per heavy atom. The van der Waals surface area contributed by atoms with Crippen molar-refractivity contribution in [2.75, 3.05) is 31.7 Å². The smallest absolute Gasteiger partial charge is 0.411 e. The molecule has 0 aliphatic carbocycles. The van der Waals surface area contributed by atoms with Crippen LogP contribution in [0.2, 0.25) is 10.3 Å². The van der Waals surface area contributed by atoms with E-state index in [9.17, 15) is 9.18 Å². The Morgan fingerprint density at radius 3 is 2.75 bits per heavy atom. The number of nitrogens with zero attached hydrogens (tertiary/aromatic N) is 4. The Morgan fingerprint density at radius 1 is 1.38 bits per heavy atom. The molecule has 2 saturated heterocycles. The van der Waals surface area contributed by atoms with Crippen LogP contribution < -0.4 is 4.90 Å². The van der Waals surface area contributed by atoms with Crippen LogP contribution >= 0.6 is 39.1 Å². The van der Waals surface area contributed by atoms with Crippen molar-refractivity contribution in [1.29, 1.82) is 0 Å². The molecule has 2 aromatic rings. The van der Waals surface area contributed by atoms with Crippen molar-refractivity contribution < 1.29 is 18.7 Å². The number of amides is 1. The van der Waals surface area contributed by atoms with Crippen LogP contribution in [0.3, 0.4) is 0 Å². The van der Waals surface area contributed by atoms with Gasteiger partial charge in [0.2, 0.25) is 5.28 Å². The molecule has 0 N–H and O–H groups in total. The largest absolute Gasteiger partial charge is 0.444 e. The molecule has 2 aliphatic rings. The van der Waals surface area contributed by atoms with Crippen LogP contribution in [0, 0.1) is 5.82 Å². The standard InChI is InChI=1S/C21H24BrCl2FN4O3/c1-20(2,3)32-19(30)29-11-5-6-21(29,10-31-4)9-28(8-11)17-12-7-13(23)14(22)15(25)16(12)26-18(24)27-17/h7,11H,5-6,8-10H2,1-4H3. The number of hydrogen-bond donors (Lipinski definition) is 0. The van der Waals surface area contributed by atoms with Gasteiger partial charge in [0.15, 0.2) is 5.82 Å². The molecule has 2 aliphatic heterocycles. The van der Waals surface area contributed by atoms with E-state index in [2.05, 4.69) is 25.9 Å². The van der Waals surface area contributed by atoms with Gasteiger partial charge in [0.25, 0.3) is 0 Å². The molecular formula is C21H24BrCl2FN4O3. The van der Waals surface area contributed by atoms with E-state index < -0.39 is 17.0 Å². The molecule has 1 aromatic carbocycles. The first-order chi connectivity index (χ1) is 15.0. The van der Waals surface area contributed by atoms with E-state index in [-0.39, 0.29) is 32.4 Å². The predicted molar refractivity (Wildman–Crippen MR) is 125 cm³/mol. The van der Waals surface area contributed by atoms with Crippen molar-refractivity contribution in [2.24, 2.45) is 0 Å². The number of piperazine rings is 1. The highest BCUT2D eigenvalue weighted by Crippen LogP contribution is 2.43. The Balaban J connectivity index is 1.77. The Bertz CT molecular complexity index is 1080. The van der Waals surface area contributed by atoms with Crippen molar-refractivity contribution in [1.82, 2.24) is 14.9 Å². The summed E-state index contributed by atoms with van der Waals surface area (Å²) in [4.78, 5) is 25.4. The maximum atomic E-state index is 14.9. The Hall–Kier alpha value is -1.42. The van der Waals surface area contributed by atoms with E-state index >= 15 is 0 Å².